The lowest BCUT2D eigenvalue weighted by Crippen LogP contribution is -2.35. The van der Waals surface area contributed by atoms with Crippen LogP contribution in [-0.4, -0.2) is 48.8 Å². The predicted molar refractivity (Wildman–Crippen MR) is 108 cm³/mol. The van der Waals surface area contributed by atoms with Crippen LogP contribution in [0.3, 0.4) is 0 Å². The van der Waals surface area contributed by atoms with E-state index in [0.29, 0.717) is 5.69 Å². The number of halogens is 1. The van der Waals surface area contributed by atoms with Crippen LogP contribution in [0.15, 0.2) is 35.4 Å². The van der Waals surface area contributed by atoms with Gasteiger partial charge in [-0.2, -0.15) is 0 Å². The van der Waals surface area contributed by atoms with Crippen molar-refractivity contribution < 1.29 is 27.5 Å². The first kappa shape index (κ1) is 23.0. The first-order chi connectivity index (χ1) is 14.2. The Labute approximate surface area is 177 Å². The Morgan fingerprint density at radius 2 is 1.90 bits per heavy atom. The Morgan fingerprint density at radius 1 is 1.17 bits per heavy atom. The van der Waals surface area contributed by atoms with Crippen molar-refractivity contribution in [3.63, 3.8) is 0 Å². The number of aromatic nitrogens is 2. The summed E-state index contributed by atoms with van der Waals surface area (Å²) >= 11 is 5.43. The number of nitrogens with one attached hydrogen (secondary N) is 3. The Hall–Kier alpha value is -3.25. The molecule has 3 amide bonds. The molecule has 0 saturated heterocycles. The lowest BCUT2D eigenvalue weighted by Gasteiger charge is -2.13. The van der Waals surface area contributed by atoms with Crippen molar-refractivity contribution in [1.29, 1.82) is 0 Å². The molecule has 0 aliphatic heterocycles. The van der Waals surface area contributed by atoms with Crippen LogP contribution in [0.5, 0.6) is 0 Å². The molecule has 0 spiro atoms. The fraction of sp³-hybridized carbons (Fsp3) is 0.235. The number of hydrogen-bond acceptors (Lipinski definition) is 8. The minimum absolute atomic E-state index is 0.00165. The molecule has 11 nitrogen and oxygen atoms in total. The van der Waals surface area contributed by atoms with Gasteiger partial charge in [0.2, 0.25) is 11.9 Å². The topological polar surface area (TPSA) is 156 Å². The van der Waals surface area contributed by atoms with E-state index < -0.39 is 32.8 Å². The average molecular weight is 456 g/mol. The van der Waals surface area contributed by atoms with Crippen molar-refractivity contribution >= 4 is 51.2 Å². The van der Waals surface area contributed by atoms with Crippen LogP contribution in [-0.2, 0) is 19.6 Å². The van der Waals surface area contributed by atoms with Gasteiger partial charge in [-0.25, -0.2) is 32.7 Å². The van der Waals surface area contributed by atoms with Crippen LogP contribution >= 0.6 is 11.6 Å². The van der Waals surface area contributed by atoms with E-state index in [-0.39, 0.29) is 29.7 Å². The van der Waals surface area contributed by atoms with Crippen molar-refractivity contribution in [2.75, 3.05) is 23.1 Å². The van der Waals surface area contributed by atoms with Gasteiger partial charge in [0.25, 0.3) is 10.0 Å². The van der Waals surface area contributed by atoms with Crippen LogP contribution in [0.1, 0.15) is 23.0 Å². The lowest BCUT2D eigenvalue weighted by atomic mass is 10.2. The van der Waals surface area contributed by atoms with E-state index in [1.807, 2.05) is 0 Å². The van der Waals surface area contributed by atoms with Gasteiger partial charge in [0.05, 0.1) is 12.2 Å². The number of esters is 1. The Kier molecular flexibility index (Phi) is 7.66. The average Bonchev–Trinajstić information content (AvgIpc) is 2.67. The third-order valence-corrected chi connectivity index (χ3v) is 5.03. The summed E-state index contributed by atoms with van der Waals surface area (Å²) in [5, 5.41) is 4.55. The summed E-state index contributed by atoms with van der Waals surface area (Å²) in [6, 6.07) is 3.90. The summed E-state index contributed by atoms with van der Waals surface area (Å²) in [6.07, 6.45) is 1.38. The molecule has 2 aromatic rings. The van der Waals surface area contributed by atoms with E-state index in [0.717, 1.165) is 12.1 Å². The third kappa shape index (κ3) is 6.12. The molecule has 0 unspecified atom stereocenters. The standard InChI is InChI=1S/C17H18ClN5O6S/c1-3-29-15(25)12-5-4-11(21-14(24)9-18)8-13(12)30(27,28)23-17(26)22-16-19-7-6-10(2)20-16/h4-8H,3,9H2,1-2H3,(H,21,24)(H2,19,20,22,23,26). The smallest absolute Gasteiger partial charge is 0.339 e. The number of benzene rings is 1. The number of sulfonamides is 1. The van der Waals surface area contributed by atoms with Gasteiger partial charge in [-0.05, 0) is 38.1 Å². The molecule has 0 fully saturated rings. The summed E-state index contributed by atoms with van der Waals surface area (Å²) in [4.78, 5) is 43.0. The van der Waals surface area contributed by atoms with Gasteiger partial charge < -0.3 is 10.1 Å². The van der Waals surface area contributed by atoms with Crippen LogP contribution < -0.4 is 15.4 Å². The second-order valence-corrected chi connectivity index (χ2v) is 7.61. The lowest BCUT2D eigenvalue weighted by molar-refractivity contribution is -0.113. The molecular weight excluding hydrogens is 438 g/mol. The number of aryl methyl sites for hydroxylation is 1. The van der Waals surface area contributed by atoms with Crippen LogP contribution in [0.4, 0.5) is 16.4 Å². The molecule has 3 N–H and O–H groups in total. The number of hydrogen-bond donors (Lipinski definition) is 3. The summed E-state index contributed by atoms with van der Waals surface area (Å²) in [6.45, 7) is 3.21. The monoisotopic (exact) mass is 455 g/mol. The molecule has 30 heavy (non-hydrogen) atoms. The molecule has 1 aromatic heterocycles. The number of nitrogens with zero attached hydrogens (tertiary/aromatic N) is 2. The molecule has 13 heteroatoms. The molecule has 0 bridgehead atoms. The van der Waals surface area contributed by atoms with Crippen LogP contribution in [0.2, 0.25) is 0 Å². The molecule has 0 radical (unpaired) electrons. The second kappa shape index (κ2) is 9.98. The number of anilines is 2. The maximum Gasteiger partial charge on any atom is 0.339 e. The van der Waals surface area contributed by atoms with E-state index in [9.17, 15) is 22.8 Å². The molecule has 1 aromatic carbocycles. The van der Waals surface area contributed by atoms with Crippen molar-refractivity contribution in [2.24, 2.45) is 0 Å². The minimum atomic E-state index is -4.55. The number of carbonyl (C=O) groups is 3. The first-order valence-electron chi connectivity index (χ1n) is 8.46. The van der Waals surface area contributed by atoms with E-state index in [1.165, 1.54) is 12.3 Å². The van der Waals surface area contributed by atoms with E-state index in [2.05, 4.69) is 20.6 Å². The van der Waals surface area contributed by atoms with Crippen LogP contribution in [0, 0.1) is 6.92 Å². The SMILES string of the molecule is CCOC(=O)c1ccc(NC(=O)CCl)cc1S(=O)(=O)NC(=O)Nc1nccc(C)n1. The molecule has 0 aliphatic rings. The second-order valence-electron chi connectivity index (χ2n) is 5.69. The number of rotatable bonds is 7. The Balaban J connectivity index is 2.36. The van der Waals surface area contributed by atoms with Crippen molar-refractivity contribution in [2.45, 2.75) is 18.7 Å². The summed E-state index contributed by atoms with van der Waals surface area (Å²) in [5.74, 6) is -1.99. The highest BCUT2D eigenvalue weighted by atomic mass is 35.5. The van der Waals surface area contributed by atoms with E-state index in [1.54, 1.807) is 24.6 Å². The Morgan fingerprint density at radius 3 is 2.53 bits per heavy atom. The summed E-state index contributed by atoms with van der Waals surface area (Å²) < 4.78 is 32.2. The number of ether oxygens (including phenoxy) is 1. The zero-order chi connectivity index (χ0) is 22.3. The number of urea groups is 1. The van der Waals surface area contributed by atoms with Gasteiger partial charge in [-0.1, -0.05) is 0 Å². The highest BCUT2D eigenvalue weighted by Crippen LogP contribution is 2.22. The van der Waals surface area contributed by atoms with E-state index in [4.69, 9.17) is 16.3 Å². The zero-order valence-corrected chi connectivity index (χ0v) is 17.5. The number of alkyl halides is 1. The van der Waals surface area contributed by atoms with Crippen molar-refractivity contribution in [1.82, 2.24) is 14.7 Å². The maximum absolute atomic E-state index is 12.8. The summed E-state index contributed by atoms with van der Waals surface area (Å²) in [7, 11) is -4.55. The molecule has 0 aliphatic carbocycles. The molecule has 1 heterocycles. The first-order valence-corrected chi connectivity index (χ1v) is 10.5. The number of amides is 3. The molecule has 0 atom stereocenters. The van der Waals surface area contributed by atoms with Gasteiger partial charge in [0, 0.05) is 17.6 Å². The van der Waals surface area contributed by atoms with Crippen molar-refractivity contribution in [3.8, 4) is 0 Å². The van der Waals surface area contributed by atoms with Crippen molar-refractivity contribution in [3.05, 3.63) is 41.7 Å². The molecule has 2 rings (SSSR count). The molecule has 0 saturated carbocycles. The van der Waals surface area contributed by atoms with Crippen LogP contribution in [0.25, 0.3) is 0 Å². The summed E-state index contributed by atoms with van der Waals surface area (Å²) in [5.41, 5.74) is 0.278. The Bertz CT molecular complexity index is 1080. The molecule has 160 valence electrons. The number of carbonyl (C=O) groups excluding carboxylic acids is 3. The highest BCUT2D eigenvalue weighted by Gasteiger charge is 2.26. The normalized spacial score (nSPS) is 10.8. The molecular formula is C17H18ClN5O6S. The van der Waals surface area contributed by atoms with E-state index >= 15 is 0 Å². The van der Waals surface area contributed by atoms with Gasteiger partial charge in [-0.3, -0.25) is 10.1 Å². The zero-order valence-electron chi connectivity index (χ0n) is 15.9. The largest absolute Gasteiger partial charge is 0.462 e. The highest BCUT2D eigenvalue weighted by molar-refractivity contribution is 7.90. The minimum Gasteiger partial charge on any atom is -0.462 e. The predicted octanol–water partition coefficient (Wildman–Crippen LogP) is 1.65. The third-order valence-electron chi connectivity index (χ3n) is 3.42. The van der Waals surface area contributed by atoms with Gasteiger partial charge in [0.1, 0.15) is 10.8 Å². The fourth-order valence-corrected chi connectivity index (χ4v) is 3.40. The quantitative estimate of drug-likeness (QED) is 0.420. The van der Waals surface area contributed by atoms with Gasteiger partial charge in [-0.15, -0.1) is 11.6 Å². The maximum atomic E-state index is 12.8. The van der Waals surface area contributed by atoms with Gasteiger partial charge in [0.15, 0.2) is 0 Å². The van der Waals surface area contributed by atoms with Gasteiger partial charge >= 0.3 is 12.0 Å². The fourth-order valence-electron chi connectivity index (χ4n) is 2.21.